The highest BCUT2D eigenvalue weighted by molar-refractivity contribution is 8.00. The van der Waals surface area contributed by atoms with E-state index in [1.807, 2.05) is 31.3 Å². The van der Waals surface area contributed by atoms with Crippen molar-refractivity contribution in [3.8, 4) is 0 Å². The molecule has 1 atom stereocenters. The Bertz CT molecular complexity index is 1200. The summed E-state index contributed by atoms with van der Waals surface area (Å²) in [6.07, 6.45) is 1.69. The Morgan fingerprint density at radius 3 is 2.68 bits per heavy atom. The highest BCUT2D eigenvalue weighted by Gasteiger charge is 2.38. The SMILES string of the molecule is Cc1cccc([C@@H]2SCC(=O)N(CC(=O)NCc3ccccn3)c3c2c(C(C)(C)C)nn3C)c1. The fourth-order valence-corrected chi connectivity index (χ4v) is 5.42. The van der Waals surface area contributed by atoms with Crippen LogP contribution in [0.5, 0.6) is 0 Å². The lowest BCUT2D eigenvalue weighted by Gasteiger charge is -2.24. The summed E-state index contributed by atoms with van der Waals surface area (Å²) in [6.45, 7) is 8.71. The molecule has 0 spiro atoms. The monoisotopic (exact) mass is 477 g/mol. The van der Waals surface area contributed by atoms with Crippen LogP contribution in [-0.4, -0.2) is 38.9 Å². The van der Waals surface area contributed by atoms with Crippen molar-refractivity contribution in [2.45, 2.75) is 44.9 Å². The van der Waals surface area contributed by atoms with Crippen LogP contribution in [-0.2, 0) is 28.6 Å². The lowest BCUT2D eigenvalue weighted by atomic mass is 9.87. The second kappa shape index (κ2) is 9.62. The van der Waals surface area contributed by atoms with Gasteiger partial charge in [0.15, 0.2) is 0 Å². The van der Waals surface area contributed by atoms with Gasteiger partial charge in [-0.3, -0.25) is 24.2 Å². The highest BCUT2D eigenvalue weighted by Crippen LogP contribution is 2.47. The molecule has 0 unspecified atom stereocenters. The first-order chi connectivity index (χ1) is 16.1. The third-order valence-corrected chi connectivity index (χ3v) is 7.05. The van der Waals surface area contributed by atoms with Crippen LogP contribution in [0.1, 0.15) is 54.1 Å². The predicted octanol–water partition coefficient (Wildman–Crippen LogP) is 3.91. The first-order valence-corrected chi connectivity index (χ1v) is 12.4. The fraction of sp³-hybridized carbons (Fsp3) is 0.385. The van der Waals surface area contributed by atoms with Gasteiger partial charge in [-0.2, -0.15) is 5.10 Å². The molecule has 4 rings (SSSR count). The van der Waals surface area contributed by atoms with Gasteiger partial charge in [-0.25, -0.2) is 0 Å². The smallest absolute Gasteiger partial charge is 0.240 e. The molecule has 0 bridgehead atoms. The van der Waals surface area contributed by atoms with E-state index < -0.39 is 0 Å². The zero-order chi connectivity index (χ0) is 24.5. The third-order valence-electron chi connectivity index (χ3n) is 5.79. The van der Waals surface area contributed by atoms with Gasteiger partial charge in [0.1, 0.15) is 12.4 Å². The number of carbonyl (C=O) groups excluding carboxylic acids is 2. The van der Waals surface area contributed by atoms with Crippen molar-refractivity contribution in [1.29, 1.82) is 0 Å². The Balaban J connectivity index is 1.72. The van der Waals surface area contributed by atoms with Crippen molar-refractivity contribution in [2.24, 2.45) is 7.05 Å². The number of thioether (sulfide) groups is 1. The second-order valence-corrected chi connectivity index (χ2v) is 10.7. The van der Waals surface area contributed by atoms with Crippen LogP contribution in [0.2, 0.25) is 0 Å². The third kappa shape index (κ3) is 5.01. The number of hydrogen-bond acceptors (Lipinski definition) is 5. The van der Waals surface area contributed by atoms with Crippen molar-refractivity contribution in [3.05, 3.63) is 76.7 Å². The minimum atomic E-state index is -0.234. The minimum absolute atomic E-state index is 0.0524. The van der Waals surface area contributed by atoms with Crippen LogP contribution in [0, 0.1) is 6.92 Å². The Kier molecular flexibility index (Phi) is 6.79. The lowest BCUT2D eigenvalue weighted by Crippen LogP contribution is -2.42. The molecule has 1 aliphatic heterocycles. The summed E-state index contributed by atoms with van der Waals surface area (Å²) < 4.78 is 1.76. The van der Waals surface area contributed by atoms with Gasteiger partial charge < -0.3 is 5.32 Å². The van der Waals surface area contributed by atoms with E-state index in [1.165, 1.54) is 5.56 Å². The van der Waals surface area contributed by atoms with Crippen LogP contribution >= 0.6 is 11.8 Å². The Morgan fingerprint density at radius 2 is 2.00 bits per heavy atom. The molecule has 34 heavy (non-hydrogen) atoms. The predicted molar refractivity (Wildman–Crippen MR) is 136 cm³/mol. The van der Waals surface area contributed by atoms with Crippen LogP contribution in [0.3, 0.4) is 0 Å². The zero-order valence-corrected chi connectivity index (χ0v) is 21.1. The number of hydrogen-bond donors (Lipinski definition) is 1. The quantitative estimate of drug-likeness (QED) is 0.603. The fourth-order valence-electron chi connectivity index (χ4n) is 4.23. The maximum atomic E-state index is 13.3. The molecule has 0 aliphatic carbocycles. The molecule has 1 aromatic carbocycles. The first-order valence-electron chi connectivity index (χ1n) is 11.4. The standard InChI is InChI=1S/C26H31N5O2S/c1-17-9-8-10-18(13-17)23-22-24(26(2,3)4)29-30(5)25(22)31(21(33)16-34-23)15-20(32)28-14-19-11-6-7-12-27-19/h6-13,23H,14-16H2,1-5H3,(H,28,32)/t23-/m0/s1. The van der Waals surface area contributed by atoms with Crippen molar-refractivity contribution in [3.63, 3.8) is 0 Å². The second-order valence-electron chi connectivity index (χ2n) is 9.64. The van der Waals surface area contributed by atoms with Crippen LogP contribution in [0.4, 0.5) is 5.82 Å². The van der Waals surface area contributed by atoms with Crippen molar-refractivity contribution in [2.75, 3.05) is 17.2 Å². The van der Waals surface area contributed by atoms with Gasteiger partial charge in [-0.15, -0.1) is 11.8 Å². The molecule has 0 saturated carbocycles. The molecule has 1 aliphatic rings. The average Bonchev–Trinajstić information content (AvgIpc) is 3.06. The van der Waals surface area contributed by atoms with E-state index in [9.17, 15) is 9.59 Å². The van der Waals surface area contributed by atoms with Gasteiger partial charge in [0, 0.05) is 24.2 Å². The Labute approximate surface area is 205 Å². The summed E-state index contributed by atoms with van der Waals surface area (Å²) in [6, 6.07) is 14.0. The number of rotatable bonds is 5. The molecular formula is C26H31N5O2S. The summed E-state index contributed by atoms with van der Waals surface area (Å²) in [5.41, 5.74) is 4.80. The lowest BCUT2D eigenvalue weighted by molar-refractivity contribution is -0.123. The molecule has 2 amide bonds. The molecule has 2 aromatic heterocycles. The van der Waals surface area contributed by atoms with E-state index in [1.54, 1.807) is 27.5 Å². The summed E-state index contributed by atoms with van der Waals surface area (Å²) in [5, 5.41) is 7.70. The van der Waals surface area contributed by atoms with E-state index in [0.717, 1.165) is 22.5 Å². The van der Waals surface area contributed by atoms with E-state index in [4.69, 9.17) is 5.10 Å². The number of benzene rings is 1. The molecule has 0 saturated heterocycles. The summed E-state index contributed by atoms with van der Waals surface area (Å²) in [4.78, 5) is 32.0. The summed E-state index contributed by atoms with van der Waals surface area (Å²) in [7, 11) is 1.85. The number of aromatic nitrogens is 3. The van der Waals surface area contributed by atoms with Gasteiger partial charge in [0.2, 0.25) is 11.8 Å². The number of amides is 2. The minimum Gasteiger partial charge on any atom is -0.349 e. The van der Waals surface area contributed by atoms with Gasteiger partial charge in [-0.05, 0) is 24.6 Å². The zero-order valence-electron chi connectivity index (χ0n) is 20.3. The normalized spacial score (nSPS) is 16.2. The molecule has 178 valence electrons. The molecule has 3 heterocycles. The number of anilines is 1. The average molecular weight is 478 g/mol. The number of fused-ring (bicyclic) bond motifs is 1. The number of aryl methyl sites for hydroxylation is 2. The number of nitrogens with one attached hydrogen (secondary N) is 1. The summed E-state index contributed by atoms with van der Waals surface area (Å²) >= 11 is 1.60. The van der Waals surface area contributed by atoms with Crippen molar-refractivity contribution < 1.29 is 9.59 Å². The molecular weight excluding hydrogens is 446 g/mol. The Morgan fingerprint density at radius 1 is 1.21 bits per heavy atom. The van der Waals surface area contributed by atoms with Gasteiger partial charge in [0.25, 0.3) is 0 Å². The van der Waals surface area contributed by atoms with Crippen molar-refractivity contribution >= 4 is 29.4 Å². The van der Waals surface area contributed by atoms with Gasteiger partial charge >= 0.3 is 0 Å². The summed E-state index contributed by atoms with van der Waals surface area (Å²) in [5.74, 6) is 0.643. The van der Waals surface area contributed by atoms with E-state index in [0.29, 0.717) is 12.4 Å². The topological polar surface area (TPSA) is 80.1 Å². The molecule has 3 aromatic rings. The molecule has 0 radical (unpaired) electrons. The van der Waals surface area contributed by atoms with E-state index in [-0.39, 0.29) is 34.8 Å². The van der Waals surface area contributed by atoms with Crippen LogP contribution < -0.4 is 10.2 Å². The van der Waals surface area contributed by atoms with Gasteiger partial charge in [-0.1, -0.05) is 56.7 Å². The maximum Gasteiger partial charge on any atom is 0.240 e. The van der Waals surface area contributed by atoms with E-state index in [2.05, 4.69) is 56.2 Å². The largest absolute Gasteiger partial charge is 0.349 e. The highest BCUT2D eigenvalue weighted by atomic mass is 32.2. The first kappa shape index (κ1) is 24.0. The van der Waals surface area contributed by atoms with E-state index >= 15 is 0 Å². The van der Waals surface area contributed by atoms with Crippen LogP contribution in [0.15, 0.2) is 48.7 Å². The Hall–Kier alpha value is -3.13. The number of carbonyl (C=O) groups is 2. The maximum absolute atomic E-state index is 13.3. The van der Waals surface area contributed by atoms with Crippen LogP contribution in [0.25, 0.3) is 0 Å². The number of pyridine rings is 1. The number of nitrogens with zero attached hydrogens (tertiary/aromatic N) is 4. The molecule has 0 fully saturated rings. The molecule has 7 nitrogen and oxygen atoms in total. The van der Waals surface area contributed by atoms with Crippen molar-refractivity contribution in [1.82, 2.24) is 20.1 Å². The molecule has 1 N–H and O–H groups in total. The van der Waals surface area contributed by atoms with Gasteiger partial charge in [0.05, 0.1) is 28.9 Å². The molecule has 8 heteroatoms.